The molecule has 1 aromatic rings. The Hall–Kier alpha value is -0.530. The van der Waals surface area contributed by atoms with Gasteiger partial charge in [-0.1, -0.05) is 56.5 Å². The molecule has 0 bridgehead atoms. The van der Waals surface area contributed by atoms with Crippen molar-refractivity contribution in [1.29, 1.82) is 0 Å². The zero-order chi connectivity index (χ0) is 12.0. The number of hydrogen-bond acceptors (Lipinski definition) is 1. The Kier molecular flexibility index (Phi) is 5.86. The summed E-state index contributed by atoms with van der Waals surface area (Å²) in [5.74, 6) is 0.551. The number of nitrogens with two attached hydrogens (primary N) is 1. The van der Waals surface area contributed by atoms with E-state index in [4.69, 9.17) is 17.3 Å². The van der Waals surface area contributed by atoms with Crippen LogP contribution in [-0.4, -0.2) is 0 Å². The Morgan fingerprint density at radius 3 is 2.19 bits per heavy atom. The van der Waals surface area contributed by atoms with Crippen LogP contribution in [0, 0.1) is 5.92 Å². The summed E-state index contributed by atoms with van der Waals surface area (Å²) in [7, 11) is 0. The smallest absolute Gasteiger partial charge is 0.0453 e. The lowest BCUT2D eigenvalue weighted by molar-refractivity contribution is 0.369. The maximum absolute atomic E-state index is 6.33. The monoisotopic (exact) mass is 239 g/mol. The van der Waals surface area contributed by atoms with Crippen molar-refractivity contribution in [2.75, 3.05) is 0 Å². The largest absolute Gasteiger partial charge is 0.324 e. The van der Waals surface area contributed by atoms with Crippen molar-refractivity contribution in [2.45, 2.75) is 45.6 Å². The molecule has 0 aliphatic carbocycles. The van der Waals surface area contributed by atoms with E-state index in [-0.39, 0.29) is 6.04 Å². The highest BCUT2D eigenvalue weighted by Gasteiger charge is 2.19. The van der Waals surface area contributed by atoms with Crippen molar-refractivity contribution in [2.24, 2.45) is 11.7 Å². The second kappa shape index (κ2) is 6.93. The third-order valence-electron chi connectivity index (χ3n) is 3.09. The molecule has 0 aliphatic rings. The average Bonchev–Trinajstić information content (AvgIpc) is 2.28. The van der Waals surface area contributed by atoms with Gasteiger partial charge in [-0.15, -0.1) is 0 Å². The first-order chi connectivity index (χ1) is 7.70. The van der Waals surface area contributed by atoms with Gasteiger partial charge in [0.25, 0.3) is 0 Å². The second-order valence-electron chi connectivity index (χ2n) is 4.38. The minimum Gasteiger partial charge on any atom is -0.324 e. The molecule has 0 radical (unpaired) electrons. The molecule has 0 amide bonds. The second-order valence-corrected chi connectivity index (χ2v) is 4.79. The number of halogens is 1. The topological polar surface area (TPSA) is 26.0 Å². The van der Waals surface area contributed by atoms with E-state index in [1.165, 1.54) is 25.7 Å². The molecule has 2 heteroatoms. The van der Waals surface area contributed by atoms with Crippen molar-refractivity contribution in [3.8, 4) is 0 Å². The Bertz CT molecular complexity index is 305. The molecule has 1 unspecified atom stereocenters. The van der Waals surface area contributed by atoms with Crippen molar-refractivity contribution in [3.05, 3.63) is 34.9 Å². The summed E-state index contributed by atoms with van der Waals surface area (Å²) in [4.78, 5) is 0. The SMILES string of the molecule is CCCC(CCC)C(N)c1ccccc1Cl. The van der Waals surface area contributed by atoms with Crippen LogP contribution in [0.25, 0.3) is 0 Å². The molecule has 0 aromatic heterocycles. The molecule has 0 heterocycles. The van der Waals surface area contributed by atoms with Crippen molar-refractivity contribution >= 4 is 11.6 Å². The molecule has 0 saturated carbocycles. The van der Waals surface area contributed by atoms with Crippen molar-refractivity contribution in [3.63, 3.8) is 0 Å². The van der Waals surface area contributed by atoms with Crippen LogP contribution in [0.5, 0.6) is 0 Å². The predicted octanol–water partition coefficient (Wildman–Crippen LogP) is 4.56. The fourth-order valence-electron chi connectivity index (χ4n) is 2.24. The van der Waals surface area contributed by atoms with E-state index in [9.17, 15) is 0 Å². The van der Waals surface area contributed by atoms with E-state index in [1.54, 1.807) is 0 Å². The number of hydrogen-bond donors (Lipinski definition) is 1. The van der Waals surface area contributed by atoms with Gasteiger partial charge in [-0.25, -0.2) is 0 Å². The molecule has 0 saturated heterocycles. The van der Waals surface area contributed by atoms with Crippen molar-refractivity contribution in [1.82, 2.24) is 0 Å². The lowest BCUT2D eigenvalue weighted by atomic mass is 9.87. The Labute approximate surface area is 104 Å². The number of rotatable bonds is 6. The van der Waals surface area contributed by atoms with Crippen LogP contribution >= 0.6 is 11.6 Å². The minimum absolute atomic E-state index is 0.0774. The standard InChI is InChI=1S/C14H22ClN/c1-3-7-11(8-4-2)14(16)12-9-5-6-10-13(12)15/h5-6,9-11,14H,3-4,7-8,16H2,1-2H3. The van der Waals surface area contributed by atoms with Gasteiger partial charge in [0.1, 0.15) is 0 Å². The average molecular weight is 240 g/mol. The van der Waals surface area contributed by atoms with Crippen LogP contribution in [0.2, 0.25) is 5.02 Å². The normalized spacial score (nSPS) is 13.1. The predicted molar refractivity (Wildman–Crippen MR) is 71.7 cm³/mol. The van der Waals surface area contributed by atoms with E-state index in [0.29, 0.717) is 5.92 Å². The molecular weight excluding hydrogens is 218 g/mol. The molecule has 2 N–H and O–H groups in total. The third-order valence-corrected chi connectivity index (χ3v) is 3.44. The van der Waals surface area contributed by atoms with Crippen molar-refractivity contribution < 1.29 is 0 Å². The highest BCUT2D eigenvalue weighted by atomic mass is 35.5. The first kappa shape index (κ1) is 13.5. The minimum atomic E-state index is 0.0774. The highest BCUT2D eigenvalue weighted by molar-refractivity contribution is 6.31. The fraction of sp³-hybridized carbons (Fsp3) is 0.571. The first-order valence-corrected chi connectivity index (χ1v) is 6.58. The van der Waals surface area contributed by atoms with E-state index in [1.807, 2.05) is 24.3 Å². The summed E-state index contributed by atoms with van der Waals surface area (Å²) in [6.45, 7) is 4.42. The van der Waals surface area contributed by atoms with E-state index >= 15 is 0 Å². The van der Waals surface area contributed by atoms with Gasteiger partial charge in [0.15, 0.2) is 0 Å². The molecule has 1 atom stereocenters. The van der Waals surface area contributed by atoms with E-state index < -0.39 is 0 Å². The van der Waals surface area contributed by atoms with Gasteiger partial charge in [0.2, 0.25) is 0 Å². The molecule has 1 rings (SSSR count). The summed E-state index contributed by atoms with van der Waals surface area (Å²) in [5, 5.41) is 0.798. The van der Waals surface area contributed by atoms with Crippen LogP contribution in [0.1, 0.15) is 51.1 Å². The maximum atomic E-state index is 6.33. The molecule has 16 heavy (non-hydrogen) atoms. The van der Waals surface area contributed by atoms with E-state index in [2.05, 4.69) is 13.8 Å². The molecular formula is C14H22ClN. The fourth-order valence-corrected chi connectivity index (χ4v) is 2.51. The van der Waals surface area contributed by atoms with Gasteiger partial charge in [-0.2, -0.15) is 0 Å². The Balaban J connectivity index is 2.81. The molecule has 1 aromatic carbocycles. The Morgan fingerprint density at radius 2 is 1.69 bits per heavy atom. The van der Waals surface area contributed by atoms with Gasteiger partial charge < -0.3 is 5.73 Å². The summed E-state index contributed by atoms with van der Waals surface area (Å²) < 4.78 is 0. The molecule has 0 spiro atoms. The first-order valence-electron chi connectivity index (χ1n) is 6.20. The summed E-state index contributed by atoms with van der Waals surface area (Å²) in [6.07, 6.45) is 4.73. The molecule has 90 valence electrons. The summed E-state index contributed by atoms with van der Waals surface area (Å²) >= 11 is 6.18. The maximum Gasteiger partial charge on any atom is 0.0453 e. The highest BCUT2D eigenvalue weighted by Crippen LogP contribution is 2.31. The quantitative estimate of drug-likeness (QED) is 0.774. The van der Waals surface area contributed by atoms with Crippen LogP contribution in [0.4, 0.5) is 0 Å². The summed E-state index contributed by atoms with van der Waals surface area (Å²) in [5.41, 5.74) is 7.42. The van der Waals surface area contributed by atoms with Gasteiger partial charge in [-0.3, -0.25) is 0 Å². The molecule has 1 nitrogen and oxygen atoms in total. The summed E-state index contributed by atoms with van der Waals surface area (Å²) in [6, 6.07) is 8.01. The van der Waals surface area contributed by atoms with Gasteiger partial charge in [0.05, 0.1) is 0 Å². The van der Waals surface area contributed by atoms with Crippen LogP contribution in [0.15, 0.2) is 24.3 Å². The van der Waals surface area contributed by atoms with Gasteiger partial charge >= 0.3 is 0 Å². The zero-order valence-electron chi connectivity index (χ0n) is 10.2. The Morgan fingerprint density at radius 1 is 1.12 bits per heavy atom. The molecule has 0 aliphatic heterocycles. The lowest BCUT2D eigenvalue weighted by Crippen LogP contribution is -2.21. The zero-order valence-corrected chi connectivity index (χ0v) is 11.0. The lowest BCUT2D eigenvalue weighted by Gasteiger charge is -2.24. The van der Waals surface area contributed by atoms with Crippen LogP contribution in [0.3, 0.4) is 0 Å². The van der Waals surface area contributed by atoms with Crippen LogP contribution in [-0.2, 0) is 0 Å². The third kappa shape index (κ3) is 3.50. The number of benzene rings is 1. The van der Waals surface area contributed by atoms with Gasteiger partial charge in [0, 0.05) is 11.1 Å². The van der Waals surface area contributed by atoms with E-state index in [0.717, 1.165) is 10.6 Å². The van der Waals surface area contributed by atoms with Gasteiger partial charge in [-0.05, 0) is 30.4 Å². The van der Waals surface area contributed by atoms with Crippen LogP contribution < -0.4 is 5.73 Å². The molecule has 0 fully saturated rings.